The lowest BCUT2D eigenvalue weighted by Gasteiger charge is -2.20. The van der Waals surface area contributed by atoms with Crippen molar-refractivity contribution in [3.8, 4) is 0 Å². The molecule has 0 aliphatic carbocycles. The highest BCUT2D eigenvalue weighted by atomic mass is 19.1. The van der Waals surface area contributed by atoms with Gasteiger partial charge in [0.25, 0.3) is 0 Å². The van der Waals surface area contributed by atoms with E-state index in [1.54, 1.807) is 0 Å². The van der Waals surface area contributed by atoms with E-state index in [4.69, 9.17) is 5.73 Å². The minimum atomic E-state index is -0.671. The van der Waals surface area contributed by atoms with Gasteiger partial charge in [-0.3, -0.25) is 0 Å². The van der Waals surface area contributed by atoms with E-state index >= 15 is 0 Å². The zero-order valence-electron chi connectivity index (χ0n) is 9.34. The predicted molar refractivity (Wildman–Crippen MR) is 61.4 cm³/mol. The van der Waals surface area contributed by atoms with Crippen molar-refractivity contribution >= 4 is 11.4 Å². The Labute approximate surface area is 94.0 Å². The summed E-state index contributed by atoms with van der Waals surface area (Å²) in [7, 11) is 0. The average molecular weight is 226 g/mol. The maximum atomic E-state index is 13.3. The fourth-order valence-corrected chi connectivity index (χ4v) is 2.22. The maximum absolute atomic E-state index is 13.3. The second-order valence-corrected chi connectivity index (χ2v) is 4.33. The van der Waals surface area contributed by atoms with Crippen LogP contribution >= 0.6 is 0 Å². The molecule has 1 aliphatic heterocycles. The Balaban J connectivity index is 2.27. The highest BCUT2D eigenvalue weighted by Crippen LogP contribution is 2.32. The number of nitrogen functional groups attached to an aromatic ring is 1. The van der Waals surface area contributed by atoms with E-state index in [1.165, 1.54) is 6.07 Å². The van der Waals surface area contributed by atoms with Gasteiger partial charge >= 0.3 is 0 Å². The highest BCUT2D eigenvalue weighted by molar-refractivity contribution is 5.68. The van der Waals surface area contributed by atoms with Crippen LogP contribution in [-0.4, -0.2) is 13.1 Å². The average Bonchev–Trinajstić information content (AvgIpc) is 2.71. The molecule has 1 aliphatic rings. The zero-order chi connectivity index (χ0) is 11.7. The molecule has 0 radical (unpaired) electrons. The molecule has 0 aromatic heterocycles. The van der Waals surface area contributed by atoms with Crippen molar-refractivity contribution in [3.05, 3.63) is 23.8 Å². The van der Waals surface area contributed by atoms with Crippen LogP contribution in [0.2, 0.25) is 0 Å². The molecule has 2 nitrogen and oxygen atoms in total. The number of rotatable bonds is 2. The summed E-state index contributed by atoms with van der Waals surface area (Å²) in [4.78, 5) is 1.97. The normalized spacial score (nSPS) is 20.4. The van der Waals surface area contributed by atoms with Crippen molar-refractivity contribution in [2.24, 2.45) is 5.92 Å². The van der Waals surface area contributed by atoms with Gasteiger partial charge in [-0.15, -0.1) is 0 Å². The van der Waals surface area contributed by atoms with Gasteiger partial charge in [-0.05, 0) is 18.4 Å². The van der Waals surface area contributed by atoms with E-state index in [2.05, 4.69) is 6.92 Å². The molecular formula is C12H16F2N2. The maximum Gasteiger partial charge on any atom is 0.151 e. The van der Waals surface area contributed by atoms with Crippen molar-refractivity contribution < 1.29 is 8.78 Å². The van der Waals surface area contributed by atoms with Crippen molar-refractivity contribution in [1.82, 2.24) is 0 Å². The summed E-state index contributed by atoms with van der Waals surface area (Å²) in [5.74, 6) is -0.637. The second kappa shape index (κ2) is 4.28. The van der Waals surface area contributed by atoms with E-state index in [-0.39, 0.29) is 5.69 Å². The van der Waals surface area contributed by atoms with Crippen LogP contribution in [-0.2, 0) is 0 Å². The standard InChI is InChI=1S/C12H16F2N2/c1-2-8-3-4-16(7-8)11-6-9(13)5-10(14)12(11)15/h5-6,8H,2-4,7,15H2,1H3. The molecule has 0 amide bonds. The van der Waals surface area contributed by atoms with Gasteiger partial charge in [-0.2, -0.15) is 0 Å². The number of nitrogens with zero attached hydrogens (tertiary/aromatic N) is 1. The first kappa shape index (κ1) is 11.2. The lowest BCUT2D eigenvalue weighted by molar-refractivity contribution is 0.567. The largest absolute Gasteiger partial charge is 0.395 e. The van der Waals surface area contributed by atoms with Gasteiger partial charge in [-0.25, -0.2) is 8.78 Å². The second-order valence-electron chi connectivity index (χ2n) is 4.33. The van der Waals surface area contributed by atoms with Gasteiger partial charge in [-0.1, -0.05) is 13.3 Å². The number of nitrogens with two attached hydrogens (primary N) is 1. The molecule has 0 saturated carbocycles. The predicted octanol–water partition coefficient (Wildman–Crippen LogP) is 2.78. The molecule has 4 heteroatoms. The van der Waals surface area contributed by atoms with E-state index in [1.807, 2.05) is 4.90 Å². The van der Waals surface area contributed by atoms with Gasteiger partial charge < -0.3 is 10.6 Å². The zero-order valence-corrected chi connectivity index (χ0v) is 9.34. The van der Waals surface area contributed by atoms with Crippen LogP contribution in [0.15, 0.2) is 12.1 Å². The van der Waals surface area contributed by atoms with Crippen LogP contribution in [0.1, 0.15) is 19.8 Å². The first-order valence-electron chi connectivity index (χ1n) is 5.61. The summed E-state index contributed by atoms with van der Waals surface area (Å²) >= 11 is 0. The number of halogens is 2. The van der Waals surface area contributed by atoms with Gasteiger partial charge in [0.05, 0.1) is 11.4 Å². The number of benzene rings is 1. The fraction of sp³-hybridized carbons (Fsp3) is 0.500. The van der Waals surface area contributed by atoms with Crippen LogP contribution in [0.25, 0.3) is 0 Å². The van der Waals surface area contributed by atoms with E-state index < -0.39 is 11.6 Å². The Bertz CT molecular complexity index is 393. The molecule has 2 N–H and O–H groups in total. The molecule has 88 valence electrons. The van der Waals surface area contributed by atoms with Crippen molar-refractivity contribution in [1.29, 1.82) is 0 Å². The van der Waals surface area contributed by atoms with Crippen LogP contribution in [0.3, 0.4) is 0 Å². The lowest BCUT2D eigenvalue weighted by atomic mass is 10.1. The molecule has 2 rings (SSSR count). The van der Waals surface area contributed by atoms with Gasteiger partial charge in [0.1, 0.15) is 5.82 Å². The molecular weight excluding hydrogens is 210 g/mol. The van der Waals surface area contributed by atoms with Crippen molar-refractivity contribution in [2.45, 2.75) is 19.8 Å². The lowest BCUT2D eigenvalue weighted by Crippen LogP contribution is -2.21. The fourth-order valence-electron chi connectivity index (χ4n) is 2.22. The summed E-state index contributed by atoms with van der Waals surface area (Å²) < 4.78 is 26.4. The summed E-state index contributed by atoms with van der Waals surface area (Å²) in [5.41, 5.74) is 6.18. The molecule has 1 aromatic rings. The van der Waals surface area contributed by atoms with Crippen molar-refractivity contribution in [3.63, 3.8) is 0 Å². The minimum Gasteiger partial charge on any atom is -0.395 e. The first-order chi connectivity index (χ1) is 7.61. The molecule has 16 heavy (non-hydrogen) atoms. The Morgan fingerprint density at radius 2 is 2.19 bits per heavy atom. The van der Waals surface area contributed by atoms with Crippen LogP contribution in [0.5, 0.6) is 0 Å². The Morgan fingerprint density at radius 3 is 2.81 bits per heavy atom. The van der Waals surface area contributed by atoms with E-state index in [0.29, 0.717) is 11.6 Å². The smallest absolute Gasteiger partial charge is 0.151 e. The van der Waals surface area contributed by atoms with E-state index in [9.17, 15) is 8.78 Å². The van der Waals surface area contributed by atoms with Gasteiger partial charge in [0.15, 0.2) is 5.82 Å². The summed E-state index contributed by atoms with van der Waals surface area (Å²) in [5, 5.41) is 0. The Morgan fingerprint density at radius 1 is 1.44 bits per heavy atom. The third-order valence-electron chi connectivity index (χ3n) is 3.28. The Kier molecular flexibility index (Phi) is 2.99. The highest BCUT2D eigenvalue weighted by Gasteiger charge is 2.24. The topological polar surface area (TPSA) is 29.3 Å². The molecule has 1 heterocycles. The van der Waals surface area contributed by atoms with Crippen LogP contribution in [0, 0.1) is 17.6 Å². The Hall–Kier alpha value is -1.32. The molecule has 0 bridgehead atoms. The quantitative estimate of drug-likeness (QED) is 0.786. The monoisotopic (exact) mass is 226 g/mol. The minimum absolute atomic E-state index is 0.0538. The molecule has 0 spiro atoms. The molecule has 1 saturated heterocycles. The first-order valence-corrected chi connectivity index (χ1v) is 5.61. The molecule has 1 aromatic carbocycles. The summed E-state index contributed by atoms with van der Waals surface area (Å²) in [6.07, 6.45) is 2.16. The molecule has 1 unspecified atom stereocenters. The third-order valence-corrected chi connectivity index (χ3v) is 3.28. The number of hydrogen-bond acceptors (Lipinski definition) is 2. The third kappa shape index (κ3) is 1.96. The van der Waals surface area contributed by atoms with Gasteiger partial charge in [0, 0.05) is 19.2 Å². The summed E-state index contributed by atoms with van der Waals surface area (Å²) in [6.45, 7) is 3.79. The van der Waals surface area contributed by atoms with Crippen LogP contribution < -0.4 is 10.6 Å². The molecule has 1 fully saturated rings. The van der Waals surface area contributed by atoms with E-state index in [0.717, 1.165) is 32.0 Å². The number of anilines is 2. The molecule has 1 atom stereocenters. The number of hydrogen-bond donors (Lipinski definition) is 1. The SMILES string of the molecule is CCC1CCN(c2cc(F)cc(F)c2N)C1. The van der Waals surface area contributed by atoms with Crippen molar-refractivity contribution in [2.75, 3.05) is 23.7 Å². The summed E-state index contributed by atoms with van der Waals surface area (Å²) in [6, 6.07) is 2.14. The van der Waals surface area contributed by atoms with Crippen LogP contribution in [0.4, 0.5) is 20.2 Å². The van der Waals surface area contributed by atoms with Gasteiger partial charge in [0.2, 0.25) is 0 Å².